The molecule has 7 aromatic carbocycles. The number of fused-ring (bicyclic) bond motifs is 15. The number of allylic oxidation sites excluding steroid dienone is 8. The lowest BCUT2D eigenvalue weighted by molar-refractivity contribution is 0.565. The molecule has 0 aliphatic heterocycles. The lowest BCUT2D eigenvalue weighted by Gasteiger charge is -2.51. The Labute approximate surface area is 357 Å². The zero-order valence-electron chi connectivity index (χ0n) is 34.1. The van der Waals surface area contributed by atoms with E-state index in [9.17, 15) is 0 Å². The molecule has 1 aromatic heterocycles. The lowest BCUT2D eigenvalue weighted by Crippen LogP contribution is -2.45. The minimum atomic E-state index is -0.550. The molecule has 0 saturated carbocycles. The first kappa shape index (κ1) is 34.7. The van der Waals surface area contributed by atoms with Gasteiger partial charge in [0.15, 0.2) is 5.82 Å². The van der Waals surface area contributed by atoms with Gasteiger partial charge in [-0.25, -0.2) is 9.97 Å². The van der Waals surface area contributed by atoms with Crippen LogP contribution in [0.2, 0.25) is 0 Å². The Balaban J connectivity index is 1.17. The van der Waals surface area contributed by atoms with Gasteiger partial charge in [-0.3, -0.25) is 0 Å². The number of para-hydroxylation sites is 1. The van der Waals surface area contributed by atoms with Crippen molar-refractivity contribution in [2.24, 2.45) is 5.92 Å². The minimum absolute atomic E-state index is 0.421. The summed E-state index contributed by atoms with van der Waals surface area (Å²) in [6.45, 7) is 2.38. The summed E-state index contributed by atoms with van der Waals surface area (Å²) >= 11 is 0. The van der Waals surface area contributed by atoms with Gasteiger partial charge in [-0.2, -0.15) is 0 Å². The quantitative estimate of drug-likeness (QED) is 0.179. The molecule has 61 heavy (non-hydrogen) atoms. The van der Waals surface area contributed by atoms with E-state index in [0.29, 0.717) is 5.92 Å². The SMILES string of the molecule is CC1C=CC2=C(C1)C1(c3ccccc32)c2ccccc2C2(C3=C(C=CCC3)c3ccccc32)c2c(-c3nc(-c4ccc(-c5ccccc5)cc4)c4ccccc4n3)cccc21. The second-order valence-electron chi connectivity index (χ2n) is 17.5. The molecule has 3 unspecified atom stereocenters. The van der Waals surface area contributed by atoms with E-state index >= 15 is 0 Å². The van der Waals surface area contributed by atoms with Gasteiger partial charge in [0.05, 0.1) is 22.0 Å². The van der Waals surface area contributed by atoms with E-state index < -0.39 is 10.8 Å². The standard InChI is InChI=1S/C59H42N2/c1-37-30-35-44-43-20-5-9-23-47(43)58(53(44)36-37)50-26-12-13-27-51(50)59(48-24-10-6-18-41(48)42-19-7-11-25-49(42)59)55-46(22-15-28-52(55)58)57-60-54-29-14-8-21-45(54)56(61-57)40-33-31-39(32-34-40)38-16-3-2-4-17-38/h2-10,12-24,26-35,37H,11,25,36H2,1H3. The van der Waals surface area contributed by atoms with Crippen LogP contribution in [0.3, 0.4) is 0 Å². The highest BCUT2D eigenvalue weighted by molar-refractivity contribution is 5.99. The molecule has 0 bridgehead atoms. The van der Waals surface area contributed by atoms with Crippen LogP contribution in [0.5, 0.6) is 0 Å². The number of hydrogen-bond donors (Lipinski definition) is 0. The van der Waals surface area contributed by atoms with Crippen molar-refractivity contribution in [3.05, 3.63) is 250 Å². The van der Waals surface area contributed by atoms with Crippen LogP contribution >= 0.6 is 0 Å². The summed E-state index contributed by atoms with van der Waals surface area (Å²) in [6.07, 6.45) is 12.6. The molecule has 0 N–H and O–H groups in total. The van der Waals surface area contributed by atoms with Crippen molar-refractivity contribution in [2.75, 3.05) is 0 Å². The molecule has 0 amide bonds. The monoisotopic (exact) mass is 778 g/mol. The molecule has 0 saturated heterocycles. The predicted molar refractivity (Wildman–Crippen MR) is 250 cm³/mol. The van der Waals surface area contributed by atoms with Crippen LogP contribution in [0.4, 0.5) is 0 Å². The van der Waals surface area contributed by atoms with Gasteiger partial charge < -0.3 is 0 Å². The Morgan fingerprint density at radius 1 is 0.475 bits per heavy atom. The van der Waals surface area contributed by atoms with Gasteiger partial charge in [-0.05, 0) is 109 Å². The highest BCUT2D eigenvalue weighted by Gasteiger charge is 2.60. The van der Waals surface area contributed by atoms with E-state index in [1.165, 1.54) is 77.9 Å². The van der Waals surface area contributed by atoms with Crippen LogP contribution in [-0.2, 0) is 10.8 Å². The molecule has 288 valence electrons. The van der Waals surface area contributed by atoms with E-state index in [-0.39, 0.29) is 0 Å². The number of nitrogens with zero attached hydrogens (tertiary/aromatic N) is 2. The van der Waals surface area contributed by atoms with E-state index in [1.807, 2.05) is 0 Å². The molecule has 1 heterocycles. The molecule has 2 spiro atoms. The van der Waals surface area contributed by atoms with Gasteiger partial charge in [-0.1, -0.05) is 195 Å². The molecule has 13 rings (SSSR count). The summed E-state index contributed by atoms with van der Waals surface area (Å²) in [5.41, 5.74) is 22.0. The fourth-order valence-electron chi connectivity index (χ4n) is 12.1. The largest absolute Gasteiger partial charge is 0.228 e. The van der Waals surface area contributed by atoms with Crippen LogP contribution in [0, 0.1) is 5.92 Å². The molecule has 3 atom stereocenters. The Kier molecular flexibility index (Phi) is 7.34. The van der Waals surface area contributed by atoms with Gasteiger partial charge in [0, 0.05) is 16.5 Å². The first-order valence-corrected chi connectivity index (χ1v) is 21.9. The van der Waals surface area contributed by atoms with Crippen LogP contribution < -0.4 is 0 Å². The smallest absolute Gasteiger partial charge is 0.160 e. The van der Waals surface area contributed by atoms with E-state index in [0.717, 1.165) is 52.8 Å². The zero-order chi connectivity index (χ0) is 40.3. The average molecular weight is 779 g/mol. The summed E-state index contributed by atoms with van der Waals surface area (Å²) in [5, 5.41) is 1.05. The fourth-order valence-corrected chi connectivity index (χ4v) is 12.1. The first-order chi connectivity index (χ1) is 30.2. The van der Waals surface area contributed by atoms with Crippen molar-refractivity contribution in [3.8, 4) is 33.8 Å². The molecule has 0 radical (unpaired) electrons. The molecule has 5 aliphatic carbocycles. The number of benzene rings is 7. The molecule has 8 aromatic rings. The highest BCUT2D eigenvalue weighted by Crippen LogP contribution is 2.69. The Bertz CT molecular complexity index is 3290. The van der Waals surface area contributed by atoms with Crippen molar-refractivity contribution in [2.45, 2.75) is 37.0 Å². The second kappa shape index (κ2) is 12.9. The van der Waals surface area contributed by atoms with Crippen LogP contribution in [0.25, 0.3) is 55.8 Å². The average Bonchev–Trinajstić information content (AvgIpc) is 3.78. The van der Waals surface area contributed by atoms with Crippen molar-refractivity contribution in [1.82, 2.24) is 9.97 Å². The molecular weight excluding hydrogens is 737 g/mol. The van der Waals surface area contributed by atoms with Crippen molar-refractivity contribution < 1.29 is 0 Å². The molecule has 5 aliphatic rings. The Hall–Kier alpha value is -7.16. The predicted octanol–water partition coefficient (Wildman–Crippen LogP) is 14.1. The zero-order valence-corrected chi connectivity index (χ0v) is 34.1. The van der Waals surface area contributed by atoms with Crippen molar-refractivity contribution in [1.29, 1.82) is 0 Å². The maximum absolute atomic E-state index is 5.71. The van der Waals surface area contributed by atoms with E-state index in [1.54, 1.807) is 0 Å². The van der Waals surface area contributed by atoms with Gasteiger partial charge in [0.2, 0.25) is 0 Å². The normalized spacial score (nSPS) is 21.4. The molecule has 2 heteroatoms. The Morgan fingerprint density at radius 2 is 1.07 bits per heavy atom. The third-order valence-electron chi connectivity index (χ3n) is 14.4. The summed E-state index contributed by atoms with van der Waals surface area (Å²) in [6, 6.07) is 63.1. The van der Waals surface area contributed by atoms with Crippen molar-refractivity contribution in [3.63, 3.8) is 0 Å². The number of rotatable bonds is 3. The summed E-state index contributed by atoms with van der Waals surface area (Å²) < 4.78 is 0. The third kappa shape index (κ3) is 4.57. The molecule has 0 fully saturated rings. The van der Waals surface area contributed by atoms with Gasteiger partial charge in [-0.15, -0.1) is 0 Å². The second-order valence-corrected chi connectivity index (χ2v) is 17.5. The van der Waals surface area contributed by atoms with Crippen LogP contribution in [0.15, 0.2) is 205 Å². The summed E-state index contributed by atoms with van der Waals surface area (Å²) in [4.78, 5) is 11.3. The fraction of sp³-hybridized carbons (Fsp3) is 0.119. The topological polar surface area (TPSA) is 25.8 Å². The highest BCUT2D eigenvalue weighted by atomic mass is 14.9. The van der Waals surface area contributed by atoms with E-state index in [2.05, 4.69) is 201 Å². The number of aromatic nitrogens is 2. The summed E-state index contributed by atoms with van der Waals surface area (Å²) in [5.74, 6) is 1.19. The van der Waals surface area contributed by atoms with Crippen LogP contribution in [0.1, 0.15) is 70.7 Å². The maximum atomic E-state index is 5.71. The minimum Gasteiger partial charge on any atom is -0.228 e. The molecular formula is C59H42N2. The van der Waals surface area contributed by atoms with Gasteiger partial charge >= 0.3 is 0 Å². The number of hydrogen-bond acceptors (Lipinski definition) is 2. The Morgan fingerprint density at radius 3 is 1.85 bits per heavy atom. The summed E-state index contributed by atoms with van der Waals surface area (Å²) in [7, 11) is 0. The first-order valence-electron chi connectivity index (χ1n) is 21.9. The van der Waals surface area contributed by atoms with E-state index in [4.69, 9.17) is 9.97 Å². The third-order valence-corrected chi connectivity index (χ3v) is 14.4. The van der Waals surface area contributed by atoms with Gasteiger partial charge in [0.1, 0.15) is 0 Å². The van der Waals surface area contributed by atoms with Crippen molar-refractivity contribution >= 4 is 22.0 Å². The van der Waals surface area contributed by atoms with Crippen LogP contribution in [-0.4, -0.2) is 9.97 Å². The van der Waals surface area contributed by atoms with Gasteiger partial charge in [0.25, 0.3) is 0 Å². The lowest BCUT2D eigenvalue weighted by atomic mass is 9.50. The maximum Gasteiger partial charge on any atom is 0.160 e. The molecule has 2 nitrogen and oxygen atoms in total.